The van der Waals surface area contributed by atoms with Crippen molar-refractivity contribution in [2.75, 3.05) is 11.9 Å². The Bertz CT molecular complexity index is 1300. The fourth-order valence-electron chi connectivity index (χ4n) is 5.59. The molecule has 3 aromatic carbocycles. The van der Waals surface area contributed by atoms with Gasteiger partial charge in [-0.25, -0.2) is 8.78 Å². The summed E-state index contributed by atoms with van der Waals surface area (Å²) in [5, 5.41) is 2.72. The zero-order valence-corrected chi connectivity index (χ0v) is 21.5. The minimum Gasteiger partial charge on any atom is -0.481 e. The number of halogens is 2. The first-order valence-electron chi connectivity index (χ1n) is 13.3. The van der Waals surface area contributed by atoms with Crippen LogP contribution in [-0.2, 0) is 16.0 Å². The number of carbonyl (C=O) groups excluding carboxylic acids is 2. The van der Waals surface area contributed by atoms with E-state index in [4.69, 9.17) is 4.74 Å². The highest BCUT2D eigenvalue weighted by molar-refractivity contribution is 5.94. The smallest absolute Gasteiger partial charge is 0.265 e. The molecular weight excluding hydrogens is 486 g/mol. The monoisotopic (exact) mass is 518 g/mol. The standard InChI is InChI=1S/C31H32F2N2O3/c1-2-28(30(36)34-25-9-5-8-24(33)18-25)38-26-15-12-20-16-17-35(31(37)22-6-3-4-7-22)29(27(20)19-26)21-10-13-23(32)14-11-21/h5,8-15,18-19,22,28-29H,2-4,6-7,16-17H2,1H3,(H,34,36). The molecule has 38 heavy (non-hydrogen) atoms. The highest BCUT2D eigenvalue weighted by atomic mass is 19.1. The van der Waals surface area contributed by atoms with Gasteiger partial charge in [-0.15, -0.1) is 0 Å². The maximum absolute atomic E-state index is 13.8. The van der Waals surface area contributed by atoms with Gasteiger partial charge in [-0.05, 0) is 84.8 Å². The second-order valence-electron chi connectivity index (χ2n) is 10.1. The van der Waals surface area contributed by atoms with Gasteiger partial charge in [0.25, 0.3) is 5.91 Å². The number of fused-ring (bicyclic) bond motifs is 1. The molecule has 0 radical (unpaired) electrons. The molecule has 1 fully saturated rings. The molecule has 2 amide bonds. The van der Waals surface area contributed by atoms with Gasteiger partial charge < -0.3 is 15.0 Å². The SMILES string of the molecule is CCC(Oc1ccc2c(c1)C(c1ccc(F)cc1)N(C(=O)C1CCCC1)CC2)C(=O)Nc1cccc(F)c1. The summed E-state index contributed by atoms with van der Waals surface area (Å²) in [4.78, 5) is 28.4. The first-order valence-corrected chi connectivity index (χ1v) is 13.3. The number of hydrogen-bond acceptors (Lipinski definition) is 3. The molecule has 5 rings (SSSR count). The van der Waals surface area contributed by atoms with Crippen molar-refractivity contribution in [3.63, 3.8) is 0 Å². The molecular formula is C31H32F2N2O3. The summed E-state index contributed by atoms with van der Waals surface area (Å²) in [6.45, 7) is 2.44. The summed E-state index contributed by atoms with van der Waals surface area (Å²) in [5.41, 5.74) is 3.22. The van der Waals surface area contributed by atoms with Crippen molar-refractivity contribution in [3.8, 4) is 5.75 Å². The van der Waals surface area contributed by atoms with Crippen LogP contribution in [0.15, 0.2) is 66.7 Å². The fourth-order valence-corrected chi connectivity index (χ4v) is 5.59. The lowest BCUT2D eigenvalue weighted by Crippen LogP contribution is -2.43. The Kier molecular flexibility index (Phi) is 7.72. The normalized spacial score (nSPS) is 18.1. The van der Waals surface area contributed by atoms with Gasteiger partial charge in [0.15, 0.2) is 6.10 Å². The van der Waals surface area contributed by atoms with Gasteiger partial charge in [0.1, 0.15) is 17.4 Å². The number of anilines is 1. The Morgan fingerprint density at radius 2 is 1.76 bits per heavy atom. The van der Waals surface area contributed by atoms with E-state index in [0.29, 0.717) is 30.8 Å². The van der Waals surface area contributed by atoms with Gasteiger partial charge in [0.2, 0.25) is 5.91 Å². The van der Waals surface area contributed by atoms with Crippen LogP contribution in [0.4, 0.5) is 14.5 Å². The number of carbonyl (C=O) groups is 2. The van der Waals surface area contributed by atoms with E-state index < -0.39 is 11.9 Å². The van der Waals surface area contributed by atoms with Crippen LogP contribution >= 0.6 is 0 Å². The predicted octanol–water partition coefficient (Wildman–Crippen LogP) is 6.43. The van der Waals surface area contributed by atoms with E-state index in [0.717, 1.165) is 42.4 Å². The van der Waals surface area contributed by atoms with Gasteiger partial charge in [-0.3, -0.25) is 9.59 Å². The van der Waals surface area contributed by atoms with E-state index in [1.165, 1.54) is 30.3 Å². The van der Waals surface area contributed by atoms with E-state index in [1.54, 1.807) is 18.2 Å². The Balaban J connectivity index is 1.43. The molecule has 0 spiro atoms. The lowest BCUT2D eigenvalue weighted by Gasteiger charge is -2.39. The summed E-state index contributed by atoms with van der Waals surface area (Å²) in [6.07, 6.45) is 4.27. The molecule has 2 aliphatic rings. The summed E-state index contributed by atoms with van der Waals surface area (Å²) >= 11 is 0. The maximum atomic E-state index is 13.8. The Morgan fingerprint density at radius 1 is 1.00 bits per heavy atom. The van der Waals surface area contributed by atoms with Crippen molar-refractivity contribution < 1.29 is 23.1 Å². The lowest BCUT2D eigenvalue weighted by atomic mass is 9.87. The minimum absolute atomic E-state index is 0.0231. The van der Waals surface area contributed by atoms with Gasteiger partial charge in [-0.2, -0.15) is 0 Å². The van der Waals surface area contributed by atoms with E-state index in [9.17, 15) is 18.4 Å². The third kappa shape index (κ3) is 5.57. The molecule has 3 aromatic rings. The van der Waals surface area contributed by atoms with E-state index in [2.05, 4.69) is 5.32 Å². The van der Waals surface area contributed by atoms with Crippen LogP contribution in [0.2, 0.25) is 0 Å². The first-order chi connectivity index (χ1) is 18.4. The van der Waals surface area contributed by atoms with Crippen molar-refractivity contribution in [1.82, 2.24) is 4.90 Å². The molecule has 198 valence electrons. The van der Waals surface area contributed by atoms with Crippen LogP contribution in [0.5, 0.6) is 5.75 Å². The van der Waals surface area contributed by atoms with Crippen molar-refractivity contribution in [1.29, 1.82) is 0 Å². The summed E-state index contributed by atoms with van der Waals surface area (Å²) in [5.74, 6) is -0.457. The molecule has 1 aliphatic carbocycles. The molecule has 1 N–H and O–H groups in total. The third-order valence-corrected chi connectivity index (χ3v) is 7.55. The number of amides is 2. The fraction of sp³-hybridized carbons (Fsp3) is 0.355. The average molecular weight is 519 g/mol. The molecule has 5 nitrogen and oxygen atoms in total. The Hall–Kier alpha value is -3.74. The van der Waals surface area contributed by atoms with E-state index in [1.807, 2.05) is 30.0 Å². The van der Waals surface area contributed by atoms with Crippen LogP contribution in [0.25, 0.3) is 0 Å². The minimum atomic E-state index is -0.791. The topological polar surface area (TPSA) is 58.6 Å². The molecule has 1 aliphatic heterocycles. The van der Waals surface area contributed by atoms with Gasteiger partial charge in [0.05, 0.1) is 6.04 Å². The number of nitrogens with one attached hydrogen (secondary N) is 1. The number of benzene rings is 3. The van der Waals surface area contributed by atoms with Crippen LogP contribution in [0, 0.1) is 17.6 Å². The number of hydrogen-bond donors (Lipinski definition) is 1. The quantitative estimate of drug-likeness (QED) is 0.392. The van der Waals surface area contributed by atoms with Gasteiger partial charge >= 0.3 is 0 Å². The largest absolute Gasteiger partial charge is 0.481 e. The first kappa shape index (κ1) is 25.9. The second-order valence-corrected chi connectivity index (χ2v) is 10.1. The zero-order valence-electron chi connectivity index (χ0n) is 21.5. The van der Waals surface area contributed by atoms with Crippen molar-refractivity contribution in [2.24, 2.45) is 5.92 Å². The van der Waals surface area contributed by atoms with Gasteiger partial charge in [0, 0.05) is 18.2 Å². The third-order valence-electron chi connectivity index (χ3n) is 7.55. The maximum Gasteiger partial charge on any atom is 0.265 e. The summed E-state index contributed by atoms with van der Waals surface area (Å²) < 4.78 is 33.5. The number of ether oxygens (including phenoxy) is 1. The second kappa shape index (κ2) is 11.3. The van der Waals surface area contributed by atoms with Gasteiger partial charge in [-0.1, -0.05) is 44.0 Å². The van der Waals surface area contributed by atoms with E-state index in [-0.39, 0.29) is 29.6 Å². The Morgan fingerprint density at radius 3 is 2.47 bits per heavy atom. The van der Waals surface area contributed by atoms with Crippen LogP contribution in [0.3, 0.4) is 0 Å². The van der Waals surface area contributed by atoms with Crippen molar-refractivity contribution in [3.05, 3.63) is 95.1 Å². The lowest BCUT2D eigenvalue weighted by molar-refractivity contribution is -0.137. The highest BCUT2D eigenvalue weighted by Gasteiger charge is 2.36. The molecule has 2 atom stereocenters. The average Bonchev–Trinajstić information content (AvgIpc) is 3.46. The van der Waals surface area contributed by atoms with Crippen LogP contribution in [0.1, 0.15) is 61.8 Å². The molecule has 2 unspecified atom stereocenters. The molecule has 1 heterocycles. The van der Waals surface area contributed by atoms with Crippen molar-refractivity contribution >= 4 is 17.5 Å². The highest BCUT2D eigenvalue weighted by Crippen LogP contribution is 2.40. The molecule has 1 saturated carbocycles. The van der Waals surface area contributed by atoms with Crippen molar-refractivity contribution in [2.45, 2.75) is 57.6 Å². The number of nitrogens with zero attached hydrogens (tertiary/aromatic N) is 1. The summed E-state index contributed by atoms with van der Waals surface area (Å²) in [7, 11) is 0. The molecule has 7 heteroatoms. The predicted molar refractivity (Wildman–Crippen MR) is 142 cm³/mol. The Labute approximate surface area is 221 Å². The summed E-state index contributed by atoms with van der Waals surface area (Å²) in [6, 6.07) is 17.4. The number of rotatable bonds is 7. The van der Waals surface area contributed by atoms with Crippen LogP contribution < -0.4 is 10.1 Å². The molecule has 0 bridgehead atoms. The molecule has 0 aromatic heterocycles. The molecule has 0 saturated heterocycles. The van der Waals surface area contributed by atoms with Crippen LogP contribution in [-0.4, -0.2) is 29.4 Å². The zero-order chi connectivity index (χ0) is 26.6. The van der Waals surface area contributed by atoms with E-state index >= 15 is 0 Å².